The van der Waals surface area contributed by atoms with Crippen molar-refractivity contribution in [3.63, 3.8) is 0 Å². The first-order chi connectivity index (χ1) is 5.00. The van der Waals surface area contributed by atoms with E-state index in [1.807, 2.05) is 0 Å². The molecule has 0 unspecified atom stereocenters. The fourth-order valence-corrected chi connectivity index (χ4v) is 3.54. The molecule has 3 nitrogen and oxygen atoms in total. The minimum absolute atomic E-state index is 0.106. The first-order valence-corrected chi connectivity index (χ1v) is 6.59. The summed E-state index contributed by atoms with van der Waals surface area (Å²) in [6.07, 6.45) is 0.929. The van der Waals surface area contributed by atoms with E-state index >= 15 is 0 Å². The number of halogens is 2. The zero-order chi connectivity index (χ0) is 8.48. The fourth-order valence-electron chi connectivity index (χ4n) is 0.497. The smallest absolute Gasteiger partial charge is 0.225 e. The van der Waals surface area contributed by atoms with E-state index in [4.69, 9.17) is 5.14 Å². The lowest BCUT2D eigenvalue weighted by molar-refractivity contribution is 0.604. The number of hydrogen-bond donors (Lipinski definition) is 1. The van der Waals surface area contributed by atoms with Crippen LogP contribution in [0.25, 0.3) is 0 Å². The second kappa shape index (κ2) is 3.11. The Balaban J connectivity index is 3.14. The van der Waals surface area contributed by atoms with Crippen LogP contribution in [0.3, 0.4) is 0 Å². The molecule has 0 aromatic heterocycles. The highest BCUT2D eigenvalue weighted by Crippen LogP contribution is 2.18. The van der Waals surface area contributed by atoms with Crippen LogP contribution >= 0.6 is 20.7 Å². The maximum absolute atomic E-state index is 12.4. The van der Waals surface area contributed by atoms with Gasteiger partial charge in [-0.15, -0.1) is 0 Å². The van der Waals surface area contributed by atoms with E-state index in [0.29, 0.717) is 0 Å². The summed E-state index contributed by atoms with van der Waals surface area (Å²) in [4.78, 5) is -0.106. The van der Waals surface area contributed by atoms with E-state index in [0.717, 1.165) is 6.08 Å². The van der Waals surface area contributed by atoms with Crippen molar-refractivity contribution in [3.05, 3.63) is 20.9 Å². The van der Waals surface area contributed by atoms with Gasteiger partial charge in [-0.1, -0.05) is 20.7 Å². The van der Waals surface area contributed by atoms with Crippen molar-refractivity contribution in [3.8, 4) is 0 Å². The summed E-state index contributed by atoms with van der Waals surface area (Å²) in [5, 5.41) is 4.77. The lowest BCUT2D eigenvalue weighted by Crippen LogP contribution is -2.15. The molecule has 0 fully saturated rings. The molecule has 0 aromatic carbocycles. The first kappa shape index (κ1) is 9.01. The van der Waals surface area contributed by atoms with Crippen LogP contribution in [0.4, 0.5) is 4.39 Å². The van der Waals surface area contributed by atoms with Gasteiger partial charge in [0.05, 0.1) is 4.91 Å². The second-order valence-electron chi connectivity index (χ2n) is 1.82. The van der Waals surface area contributed by atoms with Gasteiger partial charge in [-0.3, -0.25) is 0 Å². The Kier molecular flexibility index (Phi) is 2.55. The van der Waals surface area contributed by atoms with Crippen LogP contribution in [-0.4, -0.2) is 12.4 Å². The maximum Gasteiger partial charge on any atom is 0.238 e. The third-order valence-electron chi connectivity index (χ3n) is 0.946. The van der Waals surface area contributed by atoms with Crippen LogP contribution in [-0.2, 0) is 10.0 Å². The van der Waals surface area contributed by atoms with Crippen LogP contribution in [0.1, 0.15) is 0 Å². The lowest BCUT2D eigenvalue weighted by atomic mass is 10.5. The van der Waals surface area contributed by atoms with Gasteiger partial charge in [0.2, 0.25) is 10.0 Å². The summed E-state index contributed by atoms with van der Waals surface area (Å²) < 4.78 is 36.6. The van der Waals surface area contributed by atoms with Gasteiger partial charge in [0.15, 0.2) is 0 Å². The molecule has 11 heavy (non-hydrogen) atoms. The minimum Gasteiger partial charge on any atom is -0.225 e. The van der Waals surface area contributed by atoms with Crippen molar-refractivity contribution in [2.75, 3.05) is 0 Å². The Morgan fingerprint density at radius 2 is 2.18 bits per heavy atom. The largest absolute Gasteiger partial charge is 0.238 e. The van der Waals surface area contributed by atoms with Crippen molar-refractivity contribution in [1.82, 2.24) is 0 Å². The minimum atomic E-state index is -3.71. The Labute approximate surface area is 73.6 Å². The molecule has 0 amide bonds. The predicted octanol–water partition coefficient (Wildman–Crippen LogP) is 0.756. The standard InChI is InChI=1S/C5H5FINO2S/c6-4-1-5(3-7-2-4)11(8,9)10/h1-3H,(H2,8,9,10). The van der Waals surface area contributed by atoms with E-state index in [9.17, 15) is 12.8 Å². The lowest BCUT2D eigenvalue weighted by Gasteiger charge is -1.99. The van der Waals surface area contributed by atoms with Crippen LogP contribution < -0.4 is 5.14 Å². The number of nitrogens with two attached hydrogens (primary N) is 1. The quantitative estimate of drug-likeness (QED) is 0.724. The SMILES string of the molecule is NS(=O)(=O)C1=CC(F)=CI=C1. The second-order valence-corrected chi connectivity index (χ2v) is 5.35. The highest BCUT2D eigenvalue weighted by Gasteiger charge is 2.11. The van der Waals surface area contributed by atoms with Crippen LogP contribution in [0.15, 0.2) is 20.9 Å². The van der Waals surface area contributed by atoms with Crippen molar-refractivity contribution in [2.24, 2.45) is 5.14 Å². The monoisotopic (exact) mass is 289 g/mol. The average molecular weight is 289 g/mol. The Morgan fingerprint density at radius 1 is 1.55 bits per heavy atom. The van der Waals surface area contributed by atoms with Crippen LogP contribution in [0, 0.1) is 0 Å². The van der Waals surface area contributed by atoms with Gasteiger partial charge in [0, 0.05) is 4.08 Å². The van der Waals surface area contributed by atoms with Crippen molar-refractivity contribution >= 4 is 34.8 Å². The predicted molar refractivity (Wildman–Crippen MR) is 50.5 cm³/mol. The highest BCUT2D eigenvalue weighted by atomic mass is 127. The average Bonchev–Trinajstić information content (AvgIpc) is 1.86. The Morgan fingerprint density at radius 3 is 2.55 bits per heavy atom. The van der Waals surface area contributed by atoms with E-state index < -0.39 is 36.6 Å². The Hall–Kier alpha value is -0.0800. The third-order valence-corrected chi connectivity index (χ3v) is 4.25. The molecule has 0 saturated carbocycles. The highest BCUT2D eigenvalue weighted by molar-refractivity contribution is 14.2. The maximum atomic E-state index is 12.4. The van der Waals surface area contributed by atoms with E-state index in [1.165, 1.54) is 8.09 Å². The van der Waals surface area contributed by atoms with Gasteiger partial charge in [-0.05, 0) is 10.1 Å². The molecule has 0 spiro atoms. The normalized spacial score (nSPS) is 18.4. The molecule has 1 heterocycles. The van der Waals surface area contributed by atoms with E-state index in [-0.39, 0.29) is 4.91 Å². The molecule has 0 radical (unpaired) electrons. The summed E-state index contributed by atoms with van der Waals surface area (Å²) in [7, 11) is -3.71. The van der Waals surface area contributed by atoms with Gasteiger partial charge >= 0.3 is 0 Å². The molecule has 0 aliphatic carbocycles. The number of allylic oxidation sites excluding steroid dienone is 3. The van der Waals surface area contributed by atoms with Gasteiger partial charge in [0.25, 0.3) is 0 Å². The zero-order valence-corrected chi connectivity index (χ0v) is 8.26. The molecule has 1 rings (SSSR count). The van der Waals surface area contributed by atoms with Crippen molar-refractivity contribution < 1.29 is 12.8 Å². The molecule has 0 aromatic rings. The molecule has 1 aliphatic rings. The summed E-state index contributed by atoms with van der Waals surface area (Å²) in [6.45, 7) is 0. The van der Waals surface area contributed by atoms with Gasteiger partial charge < -0.3 is 0 Å². The number of rotatable bonds is 1. The van der Waals surface area contributed by atoms with E-state index in [2.05, 4.69) is 0 Å². The van der Waals surface area contributed by atoms with Gasteiger partial charge in [-0.25, -0.2) is 17.9 Å². The summed E-state index contributed by atoms with van der Waals surface area (Å²) in [5.41, 5.74) is 0. The van der Waals surface area contributed by atoms with Crippen molar-refractivity contribution in [1.29, 1.82) is 0 Å². The van der Waals surface area contributed by atoms with E-state index in [1.54, 1.807) is 0 Å². The summed E-state index contributed by atoms with van der Waals surface area (Å²) in [5.74, 6) is -0.510. The third kappa shape index (κ3) is 2.46. The Bertz CT molecular complexity index is 355. The molecule has 2 N–H and O–H groups in total. The molecule has 0 atom stereocenters. The fraction of sp³-hybridized carbons (Fsp3) is 0. The molecular formula is C5H5FINO2S. The molecule has 0 saturated heterocycles. The topological polar surface area (TPSA) is 60.2 Å². The summed E-state index contributed by atoms with van der Waals surface area (Å²) >= 11 is -0.621. The molecule has 0 bridgehead atoms. The molecular weight excluding hydrogens is 284 g/mol. The number of sulfonamides is 1. The van der Waals surface area contributed by atoms with Crippen LogP contribution in [0.2, 0.25) is 0 Å². The molecule has 1 aliphatic heterocycles. The zero-order valence-electron chi connectivity index (χ0n) is 5.29. The first-order valence-electron chi connectivity index (χ1n) is 2.55. The molecule has 6 heteroatoms. The van der Waals surface area contributed by atoms with Crippen LogP contribution in [0.5, 0.6) is 0 Å². The number of primary sulfonamides is 1. The van der Waals surface area contributed by atoms with Gasteiger partial charge in [-0.2, -0.15) is 0 Å². The van der Waals surface area contributed by atoms with Gasteiger partial charge in [0.1, 0.15) is 5.83 Å². The molecule has 62 valence electrons. The summed E-state index contributed by atoms with van der Waals surface area (Å²) in [6, 6.07) is 0. The number of hydrogen-bond acceptors (Lipinski definition) is 2. The van der Waals surface area contributed by atoms with Crippen molar-refractivity contribution in [2.45, 2.75) is 0 Å².